The molecule has 0 aliphatic heterocycles. The Hall–Kier alpha value is -1.67. The maximum Gasteiger partial charge on any atom is 0.250 e. The van der Waals surface area contributed by atoms with Gasteiger partial charge in [0.1, 0.15) is 10.8 Å². The molecule has 2 aromatic rings. The molecule has 0 saturated carbocycles. The Morgan fingerprint density at radius 3 is 3.22 bits per heavy atom. The molecule has 2 heterocycles. The van der Waals surface area contributed by atoms with Crippen LogP contribution in [0.5, 0.6) is 0 Å². The molecule has 1 amide bonds. The fourth-order valence-electron chi connectivity index (χ4n) is 1.03. The highest BCUT2D eigenvalue weighted by Crippen LogP contribution is 2.21. The van der Waals surface area contributed by atoms with Crippen LogP contribution >= 0.6 is 23.1 Å². The molecule has 0 aromatic carbocycles. The second kappa shape index (κ2) is 6.31. The summed E-state index contributed by atoms with van der Waals surface area (Å²) in [5.41, 5.74) is 2.40. The maximum absolute atomic E-state index is 11.4. The summed E-state index contributed by atoms with van der Waals surface area (Å²) in [7, 11) is 0. The molecule has 94 valence electrons. The average Bonchev–Trinajstić information content (AvgIpc) is 2.98. The van der Waals surface area contributed by atoms with Gasteiger partial charge in [0.2, 0.25) is 0 Å². The van der Waals surface area contributed by atoms with E-state index in [4.69, 9.17) is 4.42 Å². The molecule has 18 heavy (non-hydrogen) atoms. The van der Waals surface area contributed by atoms with Gasteiger partial charge < -0.3 is 4.42 Å². The Morgan fingerprint density at radius 2 is 2.56 bits per heavy atom. The largest absolute Gasteiger partial charge is 0.463 e. The number of carbonyl (C=O) groups is 1. The van der Waals surface area contributed by atoms with E-state index in [-0.39, 0.29) is 11.7 Å². The first-order valence-electron chi connectivity index (χ1n) is 5.02. The Labute approximate surface area is 111 Å². The summed E-state index contributed by atoms with van der Waals surface area (Å²) in [6, 6.07) is 3.49. The number of furan rings is 1. The first-order valence-corrected chi connectivity index (χ1v) is 6.82. The lowest BCUT2D eigenvalue weighted by Crippen LogP contribution is -2.19. The SMILES string of the molecule is Cc1nnc(SCC(=O)N/N=C\c2ccco2)s1. The van der Waals surface area contributed by atoms with Crippen LogP contribution in [-0.2, 0) is 4.79 Å². The van der Waals surface area contributed by atoms with E-state index in [2.05, 4.69) is 20.7 Å². The van der Waals surface area contributed by atoms with Gasteiger partial charge in [-0.3, -0.25) is 4.79 Å². The van der Waals surface area contributed by atoms with Crippen molar-refractivity contribution >= 4 is 35.2 Å². The lowest BCUT2D eigenvalue weighted by molar-refractivity contribution is -0.118. The predicted octanol–water partition coefficient (Wildman–Crippen LogP) is 1.68. The van der Waals surface area contributed by atoms with Gasteiger partial charge in [0.15, 0.2) is 4.34 Å². The third kappa shape index (κ3) is 3.97. The topological polar surface area (TPSA) is 80.4 Å². The highest BCUT2D eigenvalue weighted by molar-refractivity contribution is 8.01. The van der Waals surface area contributed by atoms with E-state index in [0.29, 0.717) is 5.76 Å². The van der Waals surface area contributed by atoms with Crippen molar-refractivity contribution in [2.45, 2.75) is 11.3 Å². The standard InChI is InChI=1S/C10H10N4O2S2/c1-7-12-14-10(18-7)17-6-9(15)13-11-5-8-3-2-4-16-8/h2-5H,6H2,1H3,(H,13,15)/b11-5-. The van der Waals surface area contributed by atoms with Crippen molar-refractivity contribution in [2.24, 2.45) is 5.10 Å². The van der Waals surface area contributed by atoms with E-state index in [9.17, 15) is 4.79 Å². The predicted molar refractivity (Wildman–Crippen MR) is 69.8 cm³/mol. The van der Waals surface area contributed by atoms with E-state index in [1.54, 1.807) is 12.1 Å². The normalized spacial score (nSPS) is 10.9. The Bertz CT molecular complexity index is 536. The summed E-state index contributed by atoms with van der Waals surface area (Å²) in [4.78, 5) is 11.4. The Kier molecular flexibility index (Phi) is 4.48. The molecule has 0 radical (unpaired) electrons. The molecule has 0 bridgehead atoms. The summed E-state index contributed by atoms with van der Waals surface area (Å²) in [5, 5.41) is 12.4. The summed E-state index contributed by atoms with van der Waals surface area (Å²) in [5.74, 6) is 0.641. The lowest BCUT2D eigenvalue weighted by Gasteiger charge is -1.96. The number of nitrogens with one attached hydrogen (secondary N) is 1. The zero-order valence-electron chi connectivity index (χ0n) is 9.49. The van der Waals surface area contributed by atoms with Gasteiger partial charge in [-0.1, -0.05) is 23.1 Å². The molecule has 0 fully saturated rings. The quantitative estimate of drug-likeness (QED) is 0.512. The van der Waals surface area contributed by atoms with Crippen molar-refractivity contribution in [1.29, 1.82) is 0 Å². The number of nitrogens with zero attached hydrogens (tertiary/aromatic N) is 3. The van der Waals surface area contributed by atoms with Gasteiger partial charge in [-0.25, -0.2) is 5.43 Å². The molecule has 0 aliphatic rings. The minimum atomic E-state index is -0.198. The van der Waals surface area contributed by atoms with Crippen LogP contribution in [0.25, 0.3) is 0 Å². The van der Waals surface area contributed by atoms with Gasteiger partial charge >= 0.3 is 0 Å². The van der Waals surface area contributed by atoms with Gasteiger partial charge in [-0.2, -0.15) is 5.10 Å². The third-order valence-electron chi connectivity index (χ3n) is 1.76. The van der Waals surface area contributed by atoms with Crippen molar-refractivity contribution < 1.29 is 9.21 Å². The summed E-state index contributed by atoms with van der Waals surface area (Å²) in [6.07, 6.45) is 2.98. The van der Waals surface area contributed by atoms with Crippen LogP contribution in [0.15, 0.2) is 32.3 Å². The van der Waals surface area contributed by atoms with E-state index < -0.39 is 0 Å². The number of carbonyl (C=O) groups excluding carboxylic acids is 1. The van der Waals surface area contributed by atoms with Gasteiger partial charge in [-0.05, 0) is 19.1 Å². The van der Waals surface area contributed by atoms with Gasteiger partial charge in [0.05, 0.1) is 18.2 Å². The smallest absolute Gasteiger partial charge is 0.250 e. The van der Waals surface area contributed by atoms with Crippen LogP contribution in [0.4, 0.5) is 0 Å². The highest BCUT2D eigenvalue weighted by atomic mass is 32.2. The number of rotatable bonds is 5. The molecule has 0 unspecified atom stereocenters. The second-order valence-electron chi connectivity index (χ2n) is 3.18. The summed E-state index contributed by atoms with van der Waals surface area (Å²) in [6.45, 7) is 1.87. The molecule has 2 rings (SSSR count). The first-order chi connectivity index (χ1) is 8.74. The van der Waals surface area contributed by atoms with Crippen molar-refractivity contribution in [3.63, 3.8) is 0 Å². The minimum absolute atomic E-state index is 0.198. The van der Waals surface area contributed by atoms with E-state index >= 15 is 0 Å². The number of thioether (sulfide) groups is 1. The number of aryl methyl sites for hydroxylation is 1. The van der Waals surface area contributed by atoms with Crippen LogP contribution in [-0.4, -0.2) is 28.1 Å². The van der Waals surface area contributed by atoms with E-state index in [0.717, 1.165) is 9.35 Å². The van der Waals surface area contributed by atoms with Crippen LogP contribution in [0.1, 0.15) is 10.8 Å². The van der Waals surface area contributed by atoms with Crippen molar-refractivity contribution in [2.75, 3.05) is 5.75 Å². The second-order valence-corrected chi connectivity index (χ2v) is 5.59. The van der Waals surface area contributed by atoms with Gasteiger partial charge in [0, 0.05) is 0 Å². The molecule has 0 spiro atoms. The average molecular weight is 282 g/mol. The summed E-state index contributed by atoms with van der Waals surface area (Å²) >= 11 is 2.79. The fourth-order valence-corrected chi connectivity index (χ4v) is 2.64. The zero-order chi connectivity index (χ0) is 12.8. The first kappa shape index (κ1) is 12.8. The van der Waals surface area contributed by atoms with Crippen LogP contribution in [0, 0.1) is 6.92 Å². The Morgan fingerprint density at radius 1 is 1.67 bits per heavy atom. The van der Waals surface area contributed by atoms with Crippen LogP contribution in [0.3, 0.4) is 0 Å². The zero-order valence-corrected chi connectivity index (χ0v) is 11.1. The third-order valence-corrected chi connectivity index (χ3v) is 3.73. The molecule has 1 N–H and O–H groups in total. The number of aromatic nitrogens is 2. The van der Waals surface area contributed by atoms with Crippen LogP contribution < -0.4 is 5.43 Å². The number of hydrogen-bond donors (Lipinski definition) is 1. The molecule has 2 aromatic heterocycles. The molecule has 8 heteroatoms. The van der Waals surface area contributed by atoms with E-state index in [1.807, 2.05) is 6.92 Å². The Balaban J connectivity index is 1.72. The molecule has 0 saturated heterocycles. The fraction of sp³-hybridized carbons (Fsp3) is 0.200. The van der Waals surface area contributed by atoms with Gasteiger partial charge in [-0.15, -0.1) is 10.2 Å². The van der Waals surface area contributed by atoms with Crippen molar-refractivity contribution in [3.05, 3.63) is 29.2 Å². The van der Waals surface area contributed by atoms with Crippen LogP contribution in [0.2, 0.25) is 0 Å². The summed E-state index contributed by atoms with van der Waals surface area (Å²) < 4.78 is 5.80. The van der Waals surface area contributed by atoms with Gasteiger partial charge in [0.25, 0.3) is 5.91 Å². The number of hydrazone groups is 1. The molecule has 0 aliphatic carbocycles. The maximum atomic E-state index is 11.4. The van der Waals surface area contributed by atoms with E-state index in [1.165, 1.54) is 35.6 Å². The lowest BCUT2D eigenvalue weighted by atomic mass is 10.5. The number of hydrogen-bond acceptors (Lipinski definition) is 7. The number of amides is 1. The molecular formula is C10H10N4O2S2. The van der Waals surface area contributed by atoms with Crippen molar-refractivity contribution in [3.8, 4) is 0 Å². The van der Waals surface area contributed by atoms with Crippen molar-refractivity contribution in [1.82, 2.24) is 15.6 Å². The monoisotopic (exact) mass is 282 g/mol. The molecule has 6 nitrogen and oxygen atoms in total. The molecule has 0 atom stereocenters. The molecular weight excluding hydrogens is 272 g/mol. The highest BCUT2D eigenvalue weighted by Gasteiger charge is 2.05. The minimum Gasteiger partial charge on any atom is -0.463 e.